The summed E-state index contributed by atoms with van der Waals surface area (Å²) in [5, 5.41) is 3.57. The Morgan fingerprint density at radius 1 is 1.35 bits per heavy atom. The van der Waals surface area contributed by atoms with Gasteiger partial charge in [0.15, 0.2) is 0 Å². The van der Waals surface area contributed by atoms with E-state index in [4.69, 9.17) is 0 Å². The largest absolute Gasteiger partial charge is 0.337 e. The van der Waals surface area contributed by atoms with Gasteiger partial charge < -0.3 is 10.2 Å². The van der Waals surface area contributed by atoms with Crippen molar-refractivity contribution in [3.05, 3.63) is 28.5 Å². The highest BCUT2D eigenvalue weighted by Crippen LogP contribution is 2.25. The van der Waals surface area contributed by atoms with Crippen molar-refractivity contribution in [2.75, 3.05) is 19.6 Å². The van der Waals surface area contributed by atoms with Gasteiger partial charge in [0.1, 0.15) is 5.69 Å². The highest BCUT2D eigenvalue weighted by atomic mass is 79.9. The number of carbonyl (C=O) groups excluding carboxylic acids is 1. The van der Waals surface area contributed by atoms with Gasteiger partial charge in [-0.15, -0.1) is 0 Å². The average Bonchev–Trinajstić information content (AvgIpc) is 3.02. The van der Waals surface area contributed by atoms with Crippen LogP contribution in [0.1, 0.15) is 36.2 Å². The highest BCUT2D eigenvalue weighted by molar-refractivity contribution is 9.10. The molecule has 2 aliphatic heterocycles. The second kappa shape index (κ2) is 6.22. The Morgan fingerprint density at radius 2 is 2.25 bits per heavy atom. The summed E-state index contributed by atoms with van der Waals surface area (Å²) in [7, 11) is 0. The van der Waals surface area contributed by atoms with E-state index in [-0.39, 0.29) is 5.91 Å². The van der Waals surface area contributed by atoms with Gasteiger partial charge in [-0.05, 0) is 66.2 Å². The maximum atomic E-state index is 12.5. The number of hydrogen-bond acceptors (Lipinski definition) is 3. The Morgan fingerprint density at radius 3 is 2.95 bits per heavy atom. The molecule has 0 saturated carbocycles. The number of pyridine rings is 1. The predicted octanol–water partition coefficient (Wildman–Crippen LogP) is 2.45. The van der Waals surface area contributed by atoms with E-state index in [9.17, 15) is 4.79 Å². The Hall–Kier alpha value is -0.940. The van der Waals surface area contributed by atoms with Crippen molar-refractivity contribution in [1.82, 2.24) is 15.2 Å². The number of nitrogens with zero attached hydrogens (tertiary/aromatic N) is 2. The molecule has 0 spiro atoms. The molecule has 108 valence electrons. The SMILES string of the molecule is O=C(c1ccc(Br)cn1)N1CCCC(C2CCCN2)C1. The van der Waals surface area contributed by atoms with Gasteiger partial charge in [-0.25, -0.2) is 4.98 Å². The monoisotopic (exact) mass is 337 g/mol. The number of halogens is 1. The maximum absolute atomic E-state index is 12.5. The molecule has 2 fully saturated rings. The molecule has 2 aliphatic rings. The molecule has 0 bridgehead atoms. The fraction of sp³-hybridized carbons (Fsp3) is 0.600. The molecule has 5 heteroatoms. The summed E-state index contributed by atoms with van der Waals surface area (Å²) in [5.74, 6) is 0.672. The van der Waals surface area contributed by atoms with Crippen molar-refractivity contribution >= 4 is 21.8 Å². The number of carbonyl (C=O) groups is 1. The van der Waals surface area contributed by atoms with Crippen LogP contribution in [0.4, 0.5) is 0 Å². The van der Waals surface area contributed by atoms with Crippen LogP contribution in [0.3, 0.4) is 0 Å². The summed E-state index contributed by atoms with van der Waals surface area (Å²) in [6.07, 6.45) is 6.54. The van der Waals surface area contributed by atoms with Gasteiger partial charge in [0, 0.05) is 29.8 Å². The van der Waals surface area contributed by atoms with Gasteiger partial charge in [-0.2, -0.15) is 0 Å². The van der Waals surface area contributed by atoms with Crippen LogP contribution in [0.2, 0.25) is 0 Å². The van der Waals surface area contributed by atoms with Crippen LogP contribution in [-0.4, -0.2) is 41.5 Å². The molecule has 3 rings (SSSR count). The first-order valence-corrected chi connectivity index (χ1v) is 8.17. The van der Waals surface area contributed by atoms with E-state index < -0.39 is 0 Å². The van der Waals surface area contributed by atoms with Crippen LogP contribution < -0.4 is 5.32 Å². The van der Waals surface area contributed by atoms with Gasteiger partial charge >= 0.3 is 0 Å². The molecule has 2 saturated heterocycles. The average molecular weight is 338 g/mol. The minimum absolute atomic E-state index is 0.0696. The fourth-order valence-electron chi connectivity index (χ4n) is 3.30. The number of rotatable bonds is 2. The fourth-order valence-corrected chi connectivity index (χ4v) is 3.54. The third-order valence-electron chi connectivity index (χ3n) is 4.36. The Bertz CT molecular complexity index is 471. The van der Waals surface area contributed by atoms with Gasteiger partial charge in [-0.3, -0.25) is 4.79 Å². The van der Waals surface area contributed by atoms with Crippen LogP contribution in [0.5, 0.6) is 0 Å². The molecular weight excluding hydrogens is 318 g/mol. The molecule has 2 unspecified atom stereocenters. The molecule has 2 atom stereocenters. The van der Waals surface area contributed by atoms with Crippen LogP contribution >= 0.6 is 15.9 Å². The first kappa shape index (κ1) is 14.0. The quantitative estimate of drug-likeness (QED) is 0.901. The minimum atomic E-state index is 0.0696. The summed E-state index contributed by atoms with van der Waals surface area (Å²) in [5.41, 5.74) is 0.549. The lowest BCUT2D eigenvalue weighted by atomic mass is 9.89. The molecule has 1 aromatic heterocycles. The van der Waals surface area contributed by atoms with Gasteiger partial charge in [0.2, 0.25) is 0 Å². The molecule has 20 heavy (non-hydrogen) atoms. The second-order valence-corrected chi connectivity index (χ2v) is 6.63. The first-order chi connectivity index (χ1) is 9.74. The lowest BCUT2D eigenvalue weighted by Crippen LogP contribution is -2.46. The number of hydrogen-bond donors (Lipinski definition) is 1. The van der Waals surface area contributed by atoms with Gasteiger partial charge in [-0.1, -0.05) is 0 Å². The molecule has 0 aliphatic carbocycles. The highest BCUT2D eigenvalue weighted by Gasteiger charge is 2.31. The van der Waals surface area contributed by atoms with E-state index in [1.165, 1.54) is 19.3 Å². The van der Waals surface area contributed by atoms with Crippen LogP contribution in [0, 0.1) is 5.92 Å². The topological polar surface area (TPSA) is 45.2 Å². The van der Waals surface area contributed by atoms with Crippen molar-refractivity contribution in [3.63, 3.8) is 0 Å². The number of aromatic nitrogens is 1. The minimum Gasteiger partial charge on any atom is -0.337 e. The summed E-state index contributed by atoms with van der Waals surface area (Å²) < 4.78 is 0.903. The van der Waals surface area contributed by atoms with Gasteiger partial charge in [0.05, 0.1) is 0 Å². The van der Waals surface area contributed by atoms with E-state index in [1.54, 1.807) is 12.3 Å². The molecule has 1 N–H and O–H groups in total. The van der Waals surface area contributed by atoms with Crippen molar-refractivity contribution in [2.24, 2.45) is 5.92 Å². The third kappa shape index (κ3) is 3.04. The lowest BCUT2D eigenvalue weighted by molar-refractivity contribution is 0.0645. The zero-order valence-electron chi connectivity index (χ0n) is 11.5. The predicted molar refractivity (Wildman–Crippen MR) is 81.6 cm³/mol. The van der Waals surface area contributed by atoms with Crippen LogP contribution in [-0.2, 0) is 0 Å². The maximum Gasteiger partial charge on any atom is 0.272 e. The van der Waals surface area contributed by atoms with E-state index in [0.717, 1.165) is 30.5 Å². The zero-order chi connectivity index (χ0) is 13.9. The van der Waals surface area contributed by atoms with Crippen LogP contribution in [0.25, 0.3) is 0 Å². The molecule has 1 aromatic rings. The standard InChI is InChI=1S/C15H20BrN3O/c16-12-5-6-14(18-9-12)15(20)19-8-2-3-11(10-19)13-4-1-7-17-13/h5-6,9,11,13,17H,1-4,7-8,10H2. The normalized spacial score (nSPS) is 26.8. The second-order valence-electron chi connectivity index (χ2n) is 5.72. The van der Waals surface area contributed by atoms with E-state index in [0.29, 0.717) is 17.7 Å². The Kier molecular flexibility index (Phi) is 4.36. The Balaban J connectivity index is 1.66. The van der Waals surface area contributed by atoms with E-state index in [1.807, 2.05) is 11.0 Å². The van der Waals surface area contributed by atoms with Crippen molar-refractivity contribution in [1.29, 1.82) is 0 Å². The molecule has 1 amide bonds. The van der Waals surface area contributed by atoms with Gasteiger partial charge in [0.25, 0.3) is 5.91 Å². The molecule has 0 radical (unpaired) electrons. The molecule has 4 nitrogen and oxygen atoms in total. The van der Waals surface area contributed by atoms with Crippen molar-refractivity contribution in [2.45, 2.75) is 31.7 Å². The van der Waals surface area contributed by atoms with E-state index >= 15 is 0 Å². The molecule has 3 heterocycles. The number of piperidine rings is 1. The Labute approximate surface area is 128 Å². The molecule has 0 aromatic carbocycles. The number of likely N-dealkylation sites (tertiary alicyclic amines) is 1. The lowest BCUT2D eigenvalue weighted by Gasteiger charge is -2.35. The zero-order valence-corrected chi connectivity index (χ0v) is 13.1. The third-order valence-corrected chi connectivity index (χ3v) is 4.83. The summed E-state index contributed by atoms with van der Waals surface area (Å²) in [6, 6.07) is 4.27. The smallest absolute Gasteiger partial charge is 0.272 e. The van der Waals surface area contributed by atoms with E-state index in [2.05, 4.69) is 26.2 Å². The number of amides is 1. The number of nitrogens with one attached hydrogen (secondary N) is 1. The van der Waals surface area contributed by atoms with Crippen LogP contribution in [0.15, 0.2) is 22.8 Å². The summed E-state index contributed by atoms with van der Waals surface area (Å²) >= 11 is 3.35. The summed E-state index contributed by atoms with van der Waals surface area (Å²) in [6.45, 7) is 2.86. The van der Waals surface area contributed by atoms with Crippen molar-refractivity contribution < 1.29 is 4.79 Å². The summed E-state index contributed by atoms with van der Waals surface area (Å²) in [4.78, 5) is 18.7. The molecular formula is C15H20BrN3O. The van der Waals surface area contributed by atoms with Crippen molar-refractivity contribution in [3.8, 4) is 0 Å². The first-order valence-electron chi connectivity index (χ1n) is 7.38.